The van der Waals surface area contributed by atoms with Crippen molar-refractivity contribution in [3.8, 4) is 0 Å². The average molecular weight is 333 g/mol. The van der Waals surface area contributed by atoms with Crippen LogP contribution in [-0.4, -0.2) is 54.4 Å². The first kappa shape index (κ1) is 17.4. The van der Waals surface area contributed by atoms with Crippen LogP contribution in [0.1, 0.15) is 31.2 Å². The summed E-state index contributed by atoms with van der Waals surface area (Å²) in [5, 5.41) is 10.2. The molecular weight excluding hydrogens is 306 g/mol. The molecule has 0 bridgehead atoms. The number of carbonyl (C=O) groups is 1. The summed E-state index contributed by atoms with van der Waals surface area (Å²) in [5.74, 6) is 0.259. The zero-order valence-corrected chi connectivity index (χ0v) is 14.1. The van der Waals surface area contributed by atoms with Gasteiger partial charge in [0.05, 0.1) is 45.0 Å². The molecule has 3 rings (SSSR count). The molecule has 132 valence electrons. The predicted octanol–water partition coefficient (Wildman–Crippen LogP) is 1.98. The summed E-state index contributed by atoms with van der Waals surface area (Å²) >= 11 is 0. The van der Waals surface area contributed by atoms with Gasteiger partial charge in [0, 0.05) is 12.5 Å². The van der Waals surface area contributed by atoms with Gasteiger partial charge in [-0.3, -0.25) is 4.79 Å². The van der Waals surface area contributed by atoms with E-state index in [0.717, 1.165) is 24.8 Å². The molecule has 1 aromatic rings. The van der Waals surface area contributed by atoms with Crippen LogP contribution >= 0.6 is 0 Å². The third kappa shape index (κ3) is 4.35. The number of benzene rings is 1. The van der Waals surface area contributed by atoms with Crippen molar-refractivity contribution in [1.82, 2.24) is 4.90 Å². The van der Waals surface area contributed by atoms with E-state index >= 15 is 0 Å². The van der Waals surface area contributed by atoms with Crippen LogP contribution in [0.2, 0.25) is 0 Å². The molecule has 1 aromatic carbocycles. The number of hydrogen-bond donors (Lipinski definition) is 1. The molecule has 1 heterocycles. The van der Waals surface area contributed by atoms with Crippen LogP contribution in [0.4, 0.5) is 0 Å². The van der Waals surface area contributed by atoms with Gasteiger partial charge < -0.3 is 19.5 Å². The van der Waals surface area contributed by atoms with Crippen molar-refractivity contribution in [1.29, 1.82) is 0 Å². The molecule has 3 atom stereocenters. The third-order valence-corrected chi connectivity index (χ3v) is 5.08. The van der Waals surface area contributed by atoms with Crippen molar-refractivity contribution in [2.45, 2.75) is 44.4 Å². The SMILES string of the molecule is O=C(CCOCc1ccccc1)N1CCOC[C@@H]1[C@H]1CCC[C@@H]1O. The van der Waals surface area contributed by atoms with Gasteiger partial charge in [0.1, 0.15) is 0 Å². The minimum Gasteiger partial charge on any atom is -0.393 e. The maximum absolute atomic E-state index is 12.6. The van der Waals surface area contributed by atoms with Crippen molar-refractivity contribution < 1.29 is 19.4 Å². The van der Waals surface area contributed by atoms with Crippen LogP contribution in [0.15, 0.2) is 30.3 Å². The van der Waals surface area contributed by atoms with Crippen LogP contribution in [-0.2, 0) is 20.9 Å². The lowest BCUT2D eigenvalue weighted by atomic mass is 9.94. The van der Waals surface area contributed by atoms with E-state index < -0.39 is 0 Å². The van der Waals surface area contributed by atoms with Gasteiger partial charge in [0.25, 0.3) is 0 Å². The summed E-state index contributed by atoms with van der Waals surface area (Å²) in [6, 6.07) is 9.98. The van der Waals surface area contributed by atoms with Gasteiger partial charge in [-0.1, -0.05) is 36.8 Å². The monoisotopic (exact) mass is 333 g/mol. The highest BCUT2D eigenvalue weighted by Crippen LogP contribution is 2.32. The number of nitrogens with zero attached hydrogens (tertiary/aromatic N) is 1. The Balaban J connectivity index is 1.47. The van der Waals surface area contributed by atoms with Crippen molar-refractivity contribution in [3.05, 3.63) is 35.9 Å². The zero-order chi connectivity index (χ0) is 16.8. The Hall–Kier alpha value is -1.43. The minimum absolute atomic E-state index is 0.0119. The molecule has 1 aliphatic heterocycles. The first-order valence-electron chi connectivity index (χ1n) is 8.92. The molecule has 1 amide bonds. The normalized spacial score (nSPS) is 27.4. The van der Waals surface area contributed by atoms with Crippen LogP contribution in [0.3, 0.4) is 0 Å². The summed E-state index contributed by atoms with van der Waals surface area (Å²) in [6.45, 7) is 2.69. The van der Waals surface area contributed by atoms with Gasteiger partial charge in [-0.15, -0.1) is 0 Å². The Morgan fingerprint density at radius 3 is 2.88 bits per heavy atom. The Kier molecular flexibility index (Phi) is 6.24. The Labute approximate surface area is 143 Å². The van der Waals surface area contributed by atoms with E-state index in [4.69, 9.17) is 9.47 Å². The third-order valence-electron chi connectivity index (χ3n) is 5.08. The lowest BCUT2D eigenvalue weighted by molar-refractivity contribution is -0.145. The van der Waals surface area contributed by atoms with Crippen LogP contribution in [0.25, 0.3) is 0 Å². The molecule has 2 fully saturated rings. The second-order valence-electron chi connectivity index (χ2n) is 6.68. The van der Waals surface area contributed by atoms with E-state index in [-0.39, 0.29) is 24.0 Å². The van der Waals surface area contributed by atoms with Crippen molar-refractivity contribution in [3.63, 3.8) is 0 Å². The lowest BCUT2D eigenvalue weighted by Gasteiger charge is -2.40. The molecule has 2 aliphatic rings. The highest BCUT2D eigenvalue weighted by molar-refractivity contribution is 5.76. The topological polar surface area (TPSA) is 59.0 Å². The Morgan fingerprint density at radius 1 is 1.29 bits per heavy atom. The highest BCUT2D eigenvalue weighted by atomic mass is 16.5. The van der Waals surface area contributed by atoms with Crippen molar-refractivity contribution >= 4 is 5.91 Å². The van der Waals surface area contributed by atoms with Crippen LogP contribution < -0.4 is 0 Å². The zero-order valence-electron chi connectivity index (χ0n) is 14.1. The fraction of sp³-hybridized carbons (Fsp3) is 0.632. The summed E-state index contributed by atoms with van der Waals surface area (Å²) in [4.78, 5) is 14.5. The van der Waals surface area contributed by atoms with Gasteiger partial charge in [-0.25, -0.2) is 0 Å². The highest BCUT2D eigenvalue weighted by Gasteiger charge is 2.39. The number of aliphatic hydroxyl groups is 1. The minimum atomic E-state index is -0.304. The number of ether oxygens (including phenoxy) is 2. The molecule has 5 heteroatoms. The quantitative estimate of drug-likeness (QED) is 0.809. The molecule has 1 aliphatic carbocycles. The molecule has 0 aromatic heterocycles. The standard InChI is InChI=1S/C19H27NO4/c21-18-8-4-7-16(18)17-14-24-12-10-20(17)19(22)9-11-23-13-15-5-2-1-3-6-15/h1-3,5-6,16-18,21H,4,7-14H2/t16-,17-,18+/m1/s1. The van der Waals surface area contributed by atoms with E-state index in [1.807, 2.05) is 35.2 Å². The van der Waals surface area contributed by atoms with Crippen LogP contribution in [0, 0.1) is 5.92 Å². The number of rotatable bonds is 6. The van der Waals surface area contributed by atoms with Crippen LogP contribution in [0.5, 0.6) is 0 Å². The van der Waals surface area contributed by atoms with Crippen molar-refractivity contribution in [2.24, 2.45) is 5.92 Å². The summed E-state index contributed by atoms with van der Waals surface area (Å²) < 4.78 is 11.2. The van der Waals surface area contributed by atoms with Gasteiger partial charge >= 0.3 is 0 Å². The second kappa shape index (κ2) is 8.60. The molecule has 1 saturated carbocycles. The van der Waals surface area contributed by atoms with E-state index in [9.17, 15) is 9.90 Å². The molecule has 1 saturated heterocycles. The number of amides is 1. The van der Waals surface area contributed by atoms with E-state index in [1.54, 1.807) is 0 Å². The number of aliphatic hydroxyl groups excluding tert-OH is 1. The maximum atomic E-state index is 12.6. The number of morpholine rings is 1. The first-order valence-corrected chi connectivity index (χ1v) is 8.92. The Bertz CT molecular complexity index is 521. The summed E-state index contributed by atoms with van der Waals surface area (Å²) in [6.07, 6.45) is 2.92. The molecule has 5 nitrogen and oxygen atoms in total. The number of carbonyl (C=O) groups excluding carboxylic acids is 1. The summed E-state index contributed by atoms with van der Waals surface area (Å²) in [5.41, 5.74) is 1.11. The molecule has 1 N–H and O–H groups in total. The average Bonchev–Trinajstić information content (AvgIpc) is 3.05. The lowest BCUT2D eigenvalue weighted by Crippen LogP contribution is -2.53. The number of hydrogen-bond acceptors (Lipinski definition) is 4. The Morgan fingerprint density at radius 2 is 2.12 bits per heavy atom. The van der Waals surface area contributed by atoms with Crippen molar-refractivity contribution in [2.75, 3.05) is 26.4 Å². The first-order chi connectivity index (χ1) is 11.8. The molecular formula is C19H27NO4. The fourth-order valence-corrected chi connectivity index (χ4v) is 3.77. The second-order valence-corrected chi connectivity index (χ2v) is 6.68. The smallest absolute Gasteiger partial charge is 0.225 e. The molecule has 0 radical (unpaired) electrons. The fourth-order valence-electron chi connectivity index (χ4n) is 3.77. The molecule has 0 unspecified atom stereocenters. The molecule has 24 heavy (non-hydrogen) atoms. The van der Waals surface area contributed by atoms with E-state index in [2.05, 4.69) is 0 Å². The predicted molar refractivity (Wildman–Crippen MR) is 90.4 cm³/mol. The largest absolute Gasteiger partial charge is 0.393 e. The summed E-state index contributed by atoms with van der Waals surface area (Å²) in [7, 11) is 0. The van der Waals surface area contributed by atoms with Gasteiger partial charge in [-0.05, 0) is 18.4 Å². The van der Waals surface area contributed by atoms with Gasteiger partial charge in [0.15, 0.2) is 0 Å². The van der Waals surface area contributed by atoms with Gasteiger partial charge in [0.2, 0.25) is 5.91 Å². The maximum Gasteiger partial charge on any atom is 0.225 e. The van der Waals surface area contributed by atoms with E-state index in [0.29, 0.717) is 39.4 Å². The molecule has 0 spiro atoms. The van der Waals surface area contributed by atoms with E-state index in [1.165, 1.54) is 0 Å². The van der Waals surface area contributed by atoms with Gasteiger partial charge in [-0.2, -0.15) is 0 Å².